The number of carbonyl (C=O) groups is 2. The fourth-order valence-electron chi connectivity index (χ4n) is 3.12. The molecule has 1 aromatic heterocycles. The molecule has 2 N–H and O–H groups in total. The van der Waals surface area contributed by atoms with Crippen molar-refractivity contribution in [1.82, 2.24) is 4.98 Å². The molecule has 4 rings (SSSR count). The van der Waals surface area contributed by atoms with Crippen LogP contribution in [0, 0.1) is 0 Å². The summed E-state index contributed by atoms with van der Waals surface area (Å²) >= 11 is 0. The minimum atomic E-state index is -0.263. The first-order valence-electron chi connectivity index (χ1n) is 9.48. The normalized spacial score (nSPS) is 10.3. The van der Waals surface area contributed by atoms with Crippen LogP contribution in [0.1, 0.15) is 20.7 Å². The van der Waals surface area contributed by atoms with Crippen LogP contribution in [-0.2, 0) is 0 Å². The lowest BCUT2D eigenvalue weighted by atomic mass is 9.99. The van der Waals surface area contributed by atoms with E-state index < -0.39 is 0 Å². The summed E-state index contributed by atoms with van der Waals surface area (Å²) in [4.78, 5) is 29.2. The summed E-state index contributed by atoms with van der Waals surface area (Å²) in [6, 6.07) is 27.7. The van der Waals surface area contributed by atoms with E-state index in [1.807, 2.05) is 48.5 Å². The summed E-state index contributed by atoms with van der Waals surface area (Å²) in [6.45, 7) is 0. The highest BCUT2D eigenvalue weighted by atomic mass is 16.2. The average Bonchev–Trinajstić information content (AvgIpc) is 2.80. The fraction of sp³-hybridized carbons (Fsp3) is 0. The van der Waals surface area contributed by atoms with Gasteiger partial charge in [0.05, 0.1) is 5.56 Å². The first kappa shape index (κ1) is 19.1. The van der Waals surface area contributed by atoms with E-state index in [2.05, 4.69) is 15.6 Å². The number of pyridine rings is 1. The van der Waals surface area contributed by atoms with Gasteiger partial charge >= 0.3 is 0 Å². The number of nitrogens with one attached hydrogen (secondary N) is 2. The van der Waals surface area contributed by atoms with E-state index in [-0.39, 0.29) is 11.8 Å². The van der Waals surface area contributed by atoms with E-state index in [1.54, 1.807) is 48.7 Å². The van der Waals surface area contributed by atoms with E-state index in [0.717, 1.165) is 11.1 Å². The number of amides is 2. The van der Waals surface area contributed by atoms with Gasteiger partial charge in [0.1, 0.15) is 0 Å². The average molecular weight is 393 g/mol. The second kappa shape index (κ2) is 8.84. The van der Waals surface area contributed by atoms with Crippen LogP contribution in [0.25, 0.3) is 11.1 Å². The molecule has 0 unspecified atom stereocenters. The van der Waals surface area contributed by atoms with Crippen molar-refractivity contribution in [3.8, 4) is 11.1 Å². The summed E-state index contributed by atoms with van der Waals surface area (Å²) in [5.74, 6) is -0.480. The van der Waals surface area contributed by atoms with E-state index in [0.29, 0.717) is 22.5 Å². The molecule has 3 aromatic carbocycles. The van der Waals surface area contributed by atoms with Crippen molar-refractivity contribution in [3.05, 3.63) is 115 Å². The summed E-state index contributed by atoms with van der Waals surface area (Å²) in [5, 5.41) is 5.74. The highest BCUT2D eigenvalue weighted by Gasteiger charge is 2.13. The van der Waals surface area contributed by atoms with Gasteiger partial charge < -0.3 is 10.6 Å². The van der Waals surface area contributed by atoms with Gasteiger partial charge in [-0.05, 0) is 47.5 Å². The third-order valence-electron chi connectivity index (χ3n) is 4.56. The topological polar surface area (TPSA) is 71.1 Å². The van der Waals surface area contributed by atoms with E-state index in [1.165, 1.54) is 6.20 Å². The van der Waals surface area contributed by atoms with Crippen LogP contribution in [0.5, 0.6) is 0 Å². The zero-order valence-corrected chi connectivity index (χ0v) is 16.1. The standard InChI is InChI=1S/C25H19N3O2/c29-24(19-10-7-15-26-17-19)27-20-11-6-12-21(16-20)28-25(30)23-14-5-4-13-22(23)18-8-2-1-3-9-18/h1-17H,(H,27,29)(H,28,30). The Morgan fingerprint density at radius 3 is 2.10 bits per heavy atom. The molecule has 0 spiro atoms. The molecule has 4 aromatic rings. The van der Waals surface area contributed by atoms with Gasteiger partial charge in [-0.1, -0.05) is 54.6 Å². The van der Waals surface area contributed by atoms with Gasteiger partial charge in [0.25, 0.3) is 11.8 Å². The first-order valence-corrected chi connectivity index (χ1v) is 9.48. The number of nitrogens with zero attached hydrogens (tertiary/aromatic N) is 1. The maximum absolute atomic E-state index is 13.0. The summed E-state index contributed by atoms with van der Waals surface area (Å²) in [6.07, 6.45) is 3.11. The molecule has 0 saturated heterocycles. The number of hydrogen-bond donors (Lipinski definition) is 2. The van der Waals surface area contributed by atoms with Crippen LogP contribution in [0.4, 0.5) is 11.4 Å². The van der Waals surface area contributed by atoms with Crippen LogP contribution in [0.2, 0.25) is 0 Å². The Labute approximate surface area is 174 Å². The predicted molar refractivity (Wildman–Crippen MR) is 118 cm³/mol. The van der Waals surface area contributed by atoms with Crippen molar-refractivity contribution in [1.29, 1.82) is 0 Å². The number of carbonyl (C=O) groups excluding carboxylic acids is 2. The van der Waals surface area contributed by atoms with Crippen molar-refractivity contribution in [2.45, 2.75) is 0 Å². The van der Waals surface area contributed by atoms with Crippen molar-refractivity contribution in [3.63, 3.8) is 0 Å². The highest BCUT2D eigenvalue weighted by Crippen LogP contribution is 2.25. The largest absolute Gasteiger partial charge is 0.322 e. The molecule has 0 saturated carbocycles. The van der Waals surface area contributed by atoms with Gasteiger partial charge in [-0.15, -0.1) is 0 Å². The van der Waals surface area contributed by atoms with Crippen LogP contribution < -0.4 is 10.6 Å². The molecule has 0 bridgehead atoms. The lowest BCUT2D eigenvalue weighted by molar-refractivity contribution is 0.101. The van der Waals surface area contributed by atoms with Gasteiger partial charge in [0.2, 0.25) is 0 Å². The zero-order valence-electron chi connectivity index (χ0n) is 16.1. The Hall–Kier alpha value is -4.25. The second-order valence-electron chi connectivity index (χ2n) is 6.64. The van der Waals surface area contributed by atoms with Crippen molar-refractivity contribution < 1.29 is 9.59 Å². The van der Waals surface area contributed by atoms with Crippen LogP contribution in [0.15, 0.2) is 103 Å². The van der Waals surface area contributed by atoms with Crippen molar-refractivity contribution >= 4 is 23.2 Å². The monoisotopic (exact) mass is 393 g/mol. The Morgan fingerprint density at radius 1 is 0.667 bits per heavy atom. The molecule has 0 aliphatic heterocycles. The number of rotatable bonds is 5. The smallest absolute Gasteiger partial charge is 0.257 e. The Morgan fingerprint density at radius 2 is 1.37 bits per heavy atom. The molecular formula is C25H19N3O2. The van der Waals surface area contributed by atoms with Gasteiger partial charge in [-0.25, -0.2) is 0 Å². The van der Waals surface area contributed by atoms with Gasteiger partial charge in [-0.2, -0.15) is 0 Å². The minimum absolute atomic E-state index is 0.217. The Bertz CT molecular complexity index is 1180. The molecule has 0 aliphatic rings. The molecular weight excluding hydrogens is 374 g/mol. The molecule has 30 heavy (non-hydrogen) atoms. The van der Waals surface area contributed by atoms with Crippen LogP contribution in [0.3, 0.4) is 0 Å². The predicted octanol–water partition coefficient (Wildman–Crippen LogP) is 5.25. The molecule has 5 nitrogen and oxygen atoms in total. The Balaban J connectivity index is 1.53. The summed E-state index contributed by atoms with van der Waals surface area (Å²) in [7, 11) is 0. The first-order chi connectivity index (χ1) is 14.7. The molecule has 0 fully saturated rings. The molecule has 1 heterocycles. The van der Waals surface area contributed by atoms with E-state index in [9.17, 15) is 9.59 Å². The summed E-state index contributed by atoms with van der Waals surface area (Å²) in [5.41, 5.74) is 4.04. The number of aromatic nitrogens is 1. The van der Waals surface area contributed by atoms with Gasteiger partial charge in [0.15, 0.2) is 0 Å². The van der Waals surface area contributed by atoms with E-state index in [4.69, 9.17) is 0 Å². The van der Waals surface area contributed by atoms with Crippen molar-refractivity contribution in [2.24, 2.45) is 0 Å². The zero-order chi connectivity index (χ0) is 20.8. The minimum Gasteiger partial charge on any atom is -0.322 e. The molecule has 0 atom stereocenters. The van der Waals surface area contributed by atoms with Gasteiger partial charge in [-0.3, -0.25) is 14.6 Å². The molecule has 0 aliphatic carbocycles. The number of benzene rings is 3. The fourth-order valence-corrected chi connectivity index (χ4v) is 3.12. The van der Waals surface area contributed by atoms with E-state index >= 15 is 0 Å². The van der Waals surface area contributed by atoms with Gasteiger partial charge in [0, 0.05) is 29.3 Å². The lowest BCUT2D eigenvalue weighted by Gasteiger charge is -2.12. The quantitative estimate of drug-likeness (QED) is 0.486. The molecule has 5 heteroatoms. The third kappa shape index (κ3) is 4.42. The molecule has 146 valence electrons. The van der Waals surface area contributed by atoms with Crippen molar-refractivity contribution in [2.75, 3.05) is 10.6 Å². The highest BCUT2D eigenvalue weighted by molar-refractivity contribution is 6.09. The maximum Gasteiger partial charge on any atom is 0.257 e. The Kier molecular flexibility index (Phi) is 5.62. The second-order valence-corrected chi connectivity index (χ2v) is 6.64. The van der Waals surface area contributed by atoms with Crippen LogP contribution >= 0.6 is 0 Å². The number of hydrogen-bond acceptors (Lipinski definition) is 3. The molecule has 2 amide bonds. The SMILES string of the molecule is O=C(Nc1cccc(NC(=O)c2ccccc2-c2ccccc2)c1)c1cccnc1. The summed E-state index contributed by atoms with van der Waals surface area (Å²) < 4.78 is 0. The third-order valence-corrected chi connectivity index (χ3v) is 4.56. The van der Waals surface area contributed by atoms with Crippen LogP contribution in [-0.4, -0.2) is 16.8 Å². The lowest BCUT2D eigenvalue weighted by Crippen LogP contribution is -2.14. The number of anilines is 2. The molecule has 0 radical (unpaired) electrons. The maximum atomic E-state index is 13.0.